The Balaban J connectivity index is 0.000000283. The van der Waals surface area contributed by atoms with Crippen LogP contribution in [0.3, 0.4) is 0 Å². The fourth-order valence-electron chi connectivity index (χ4n) is 4.41. The van der Waals surface area contributed by atoms with Gasteiger partial charge in [0.2, 0.25) is 0 Å². The minimum atomic E-state index is 0. The summed E-state index contributed by atoms with van der Waals surface area (Å²) in [7, 11) is 4.40. The monoisotopic (exact) mass is 485 g/mol. The third-order valence-electron chi connectivity index (χ3n) is 5.76. The summed E-state index contributed by atoms with van der Waals surface area (Å²) in [6.45, 7) is 4.11. The van der Waals surface area contributed by atoms with Gasteiger partial charge in [-0.2, -0.15) is 0 Å². The van der Waals surface area contributed by atoms with E-state index < -0.39 is 0 Å². The first-order valence-electron chi connectivity index (χ1n) is 11.1. The first kappa shape index (κ1) is 24.5. The van der Waals surface area contributed by atoms with Crippen LogP contribution in [0.15, 0.2) is 48.2 Å². The Morgan fingerprint density at radius 3 is 2.03 bits per heavy atom. The van der Waals surface area contributed by atoms with Crippen molar-refractivity contribution in [2.24, 2.45) is 0 Å². The molecule has 0 amide bonds. The molecular weight excluding hydrogens is 447 g/mol. The van der Waals surface area contributed by atoms with E-state index in [-0.39, 0.29) is 19.5 Å². The van der Waals surface area contributed by atoms with Gasteiger partial charge in [-0.15, -0.1) is 17.8 Å². The zero-order valence-electron chi connectivity index (χ0n) is 18.2. The summed E-state index contributed by atoms with van der Waals surface area (Å²) >= 11 is 0. The van der Waals surface area contributed by atoms with E-state index in [1.165, 1.54) is 50.6 Å². The molecule has 3 atom stereocenters. The van der Waals surface area contributed by atoms with E-state index in [1.807, 2.05) is 0 Å². The fraction of sp³-hybridized carbons (Fsp3) is 0.667. The molecule has 29 heavy (non-hydrogen) atoms. The molecule has 0 spiro atoms. The van der Waals surface area contributed by atoms with Gasteiger partial charge in [0, 0.05) is 26.0 Å². The van der Waals surface area contributed by atoms with Crippen molar-refractivity contribution in [3.63, 3.8) is 0 Å². The van der Waals surface area contributed by atoms with Gasteiger partial charge in [-0.1, -0.05) is 67.8 Å². The minimum Gasteiger partial charge on any atom is -0.680 e. The Hall–Kier alpha value is -0.737. The molecule has 0 aromatic heterocycles. The van der Waals surface area contributed by atoms with Crippen molar-refractivity contribution >= 4 is 0 Å². The van der Waals surface area contributed by atoms with Crippen LogP contribution < -0.4 is 0 Å². The standard InChI is InChI=1S/C16H26N4.C8H12.Rh/c1-19-9-13-5-3-7-15(17-13)11-20(2)12-16-8-4-6-14(10-19)18-16;1-2-4-6-8-7-5-3-1;/h3,5,7,13-14,16H,4,6,8-12H2,1-2H3;1-2,7-8H,3-6H2;/q-2;;. The van der Waals surface area contributed by atoms with Gasteiger partial charge in [-0.3, -0.25) is 0 Å². The Labute approximate surface area is 191 Å². The van der Waals surface area contributed by atoms with Gasteiger partial charge in [0.25, 0.3) is 0 Å². The van der Waals surface area contributed by atoms with Crippen LogP contribution in [0.25, 0.3) is 10.6 Å². The van der Waals surface area contributed by atoms with Crippen molar-refractivity contribution in [1.82, 2.24) is 9.80 Å². The summed E-state index contributed by atoms with van der Waals surface area (Å²) in [5.41, 5.74) is 1.21. The van der Waals surface area contributed by atoms with Gasteiger partial charge in [-0.25, -0.2) is 0 Å². The minimum absolute atomic E-state index is 0. The summed E-state index contributed by atoms with van der Waals surface area (Å²) in [6, 6.07) is 1.35. The number of piperidine rings is 1. The Kier molecular flexibility index (Phi) is 11.5. The molecule has 2 fully saturated rings. The summed E-state index contributed by atoms with van der Waals surface area (Å²) in [4.78, 5) is 4.79. The molecule has 2 saturated heterocycles. The van der Waals surface area contributed by atoms with Crippen molar-refractivity contribution < 1.29 is 19.5 Å². The molecule has 0 saturated carbocycles. The van der Waals surface area contributed by atoms with Crippen molar-refractivity contribution in [2.75, 3.05) is 40.3 Å². The number of hydrogen-bond acceptors (Lipinski definition) is 2. The van der Waals surface area contributed by atoms with Crippen LogP contribution >= 0.6 is 0 Å². The molecule has 5 heteroatoms. The molecule has 0 N–H and O–H groups in total. The van der Waals surface area contributed by atoms with Gasteiger partial charge in [0.05, 0.1) is 0 Å². The predicted molar refractivity (Wildman–Crippen MR) is 121 cm³/mol. The van der Waals surface area contributed by atoms with Crippen LogP contribution in [-0.4, -0.2) is 68.2 Å². The second-order valence-electron chi connectivity index (χ2n) is 8.64. The van der Waals surface area contributed by atoms with Crippen molar-refractivity contribution in [3.05, 3.63) is 58.9 Å². The van der Waals surface area contributed by atoms with E-state index in [0.717, 1.165) is 26.2 Å². The van der Waals surface area contributed by atoms with E-state index >= 15 is 0 Å². The van der Waals surface area contributed by atoms with E-state index in [2.05, 4.69) is 66.4 Å². The molecule has 3 heterocycles. The maximum Gasteiger partial charge on any atom is 0.00244 e. The van der Waals surface area contributed by atoms with Crippen LogP contribution in [-0.2, 0) is 19.5 Å². The van der Waals surface area contributed by atoms with Crippen LogP contribution in [0.5, 0.6) is 0 Å². The largest absolute Gasteiger partial charge is 0.680 e. The smallest absolute Gasteiger partial charge is 0.00244 e. The molecule has 4 nitrogen and oxygen atoms in total. The van der Waals surface area contributed by atoms with Crippen molar-refractivity contribution in [3.8, 4) is 0 Å². The topological polar surface area (TPSA) is 34.7 Å². The second-order valence-corrected chi connectivity index (χ2v) is 8.64. The molecule has 4 aliphatic rings. The van der Waals surface area contributed by atoms with Crippen molar-refractivity contribution in [2.45, 2.75) is 63.1 Å². The van der Waals surface area contributed by atoms with Gasteiger partial charge in [0.15, 0.2) is 0 Å². The van der Waals surface area contributed by atoms with Crippen LogP contribution in [0.4, 0.5) is 0 Å². The zero-order chi connectivity index (χ0) is 19.6. The molecule has 0 aromatic rings. The van der Waals surface area contributed by atoms with Crippen LogP contribution in [0, 0.1) is 0 Å². The quantitative estimate of drug-likeness (QED) is 0.357. The average Bonchev–Trinajstić information content (AvgIpc) is 2.61. The maximum absolute atomic E-state index is 5.06. The molecule has 3 unspecified atom stereocenters. The van der Waals surface area contributed by atoms with Crippen LogP contribution in [0.2, 0.25) is 0 Å². The summed E-state index contributed by atoms with van der Waals surface area (Å²) in [5, 5.41) is 9.93. The summed E-state index contributed by atoms with van der Waals surface area (Å²) in [6.07, 6.45) is 24.4. The van der Waals surface area contributed by atoms with Crippen LogP contribution in [0.1, 0.15) is 44.9 Å². The Morgan fingerprint density at radius 1 is 0.828 bits per heavy atom. The Bertz CT molecular complexity index is 557. The fourth-order valence-corrected chi connectivity index (χ4v) is 4.41. The number of nitrogens with zero attached hydrogens (tertiary/aromatic N) is 4. The van der Waals surface area contributed by atoms with Gasteiger partial charge < -0.3 is 20.4 Å². The second kappa shape index (κ2) is 13.5. The van der Waals surface area contributed by atoms with Gasteiger partial charge >= 0.3 is 0 Å². The van der Waals surface area contributed by atoms with E-state index in [0.29, 0.717) is 18.1 Å². The Morgan fingerprint density at radius 2 is 1.41 bits per heavy atom. The number of allylic oxidation sites excluding steroid dienone is 6. The molecular formula is C24H38N4Rh-2. The molecule has 4 rings (SSSR count). The van der Waals surface area contributed by atoms with Crippen molar-refractivity contribution in [1.29, 1.82) is 0 Å². The van der Waals surface area contributed by atoms with E-state index in [1.54, 1.807) is 0 Å². The molecule has 165 valence electrons. The van der Waals surface area contributed by atoms with Gasteiger partial charge in [0.1, 0.15) is 0 Å². The molecule has 0 aromatic carbocycles. The third kappa shape index (κ3) is 9.30. The third-order valence-corrected chi connectivity index (χ3v) is 5.76. The summed E-state index contributed by atoms with van der Waals surface area (Å²) in [5.74, 6) is 0. The predicted octanol–water partition coefficient (Wildman–Crippen LogP) is 5.02. The SMILES string of the molecule is C1=CCCC=CCC1.CN1CC2=CC=CC(CN(C)CC3CCCC(C1)[N-]3)[N-]2.[Rh]. The van der Waals surface area contributed by atoms with E-state index in [9.17, 15) is 0 Å². The zero-order valence-corrected chi connectivity index (χ0v) is 19.8. The maximum atomic E-state index is 5.06. The number of likely N-dealkylation sites (N-methyl/N-ethyl adjacent to an activating group) is 2. The first-order valence-corrected chi connectivity index (χ1v) is 11.1. The number of fused-ring (bicyclic) bond motifs is 4. The van der Waals surface area contributed by atoms with E-state index in [4.69, 9.17) is 10.6 Å². The molecule has 4 bridgehead atoms. The first-order chi connectivity index (χ1) is 13.7. The molecule has 1 aliphatic carbocycles. The normalized spacial score (nSPS) is 30.7. The number of rotatable bonds is 0. The average molecular weight is 486 g/mol. The number of hydrogen-bond donors (Lipinski definition) is 0. The molecule has 3 aliphatic heterocycles. The van der Waals surface area contributed by atoms with Gasteiger partial charge in [-0.05, 0) is 59.4 Å². The summed E-state index contributed by atoms with van der Waals surface area (Å²) < 4.78 is 0. The molecule has 1 radical (unpaired) electrons.